The summed E-state index contributed by atoms with van der Waals surface area (Å²) in [6.45, 7) is 7.87. The number of fused-ring (bicyclic) bond motifs is 6. The quantitative estimate of drug-likeness (QED) is 0.214. The Hall–Kier alpha value is -5.08. The molecule has 7 rings (SSSR count). The van der Waals surface area contributed by atoms with Crippen LogP contribution in [0.5, 0.6) is 0 Å². The van der Waals surface area contributed by atoms with Gasteiger partial charge in [-0.3, -0.25) is 0 Å². The van der Waals surface area contributed by atoms with E-state index in [0.717, 1.165) is 16.9 Å². The largest absolute Gasteiger partial charge is 0.317 e. The maximum Gasteiger partial charge on any atom is 0.0619 e. The predicted molar refractivity (Wildman–Crippen MR) is 164 cm³/mol. The molecule has 180 valence electrons. The Bertz CT molecular complexity index is 2050. The van der Waals surface area contributed by atoms with E-state index in [1.165, 1.54) is 49.1 Å². The van der Waals surface area contributed by atoms with Crippen LogP contribution in [0.15, 0.2) is 147 Å². The molecule has 0 saturated carbocycles. The van der Waals surface area contributed by atoms with Crippen molar-refractivity contribution in [2.75, 3.05) is 0 Å². The first-order valence-corrected chi connectivity index (χ1v) is 12.9. The van der Waals surface area contributed by atoms with Crippen LogP contribution in [-0.2, 0) is 0 Å². The fraction of sp³-hybridized carbons (Fsp3) is 0. The van der Waals surface area contributed by atoms with Crippen LogP contribution < -0.4 is 0 Å². The van der Waals surface area contributed by atoms with E-state index in [1.807, 2.05) is 12.2 Å². The monoisotopic (exact) mass is 486 g/mol. The first-order valence-electron chi connectivity index (χ1n) is 12.9. The zero-order chi connectivity index (χ0) is 25.6. The van der Waals surface area contributed by atoms with Crippen molar-refractivity contribution in [3.8, 4) is 16.8 Å². The molecule has 0 aliphatic carbocycles. The molecule has 0 bridgehead atoms. The van der Waals surface area contributed by atoms with Crippen LogP contribution in [0.25, 0.3) is 66.0 Å². The Balaban J connectivity index is 1.56. The lowest BCUT2D eigenvalue weighted by Crippen LogP contribution is -1.95. The normalized spacial score (nSPS) is 12.1. The SMILES string of the molecule is C=C/C=C(\C=C)n1ccc2cc3c(ccc4c5ccccc5n(-c5cccc(-c6ccccc6)c5)c34)cc21. The van der Waals surface area contributed by atoms with Crippen molar-refractivity contribution >= 4 is 49.2 Å². The van der Waals surface area contributed by atoms with Crippen molar-refractivity contribution in [2.24, 2.45) is 0 Å². The average molecular weight is 487 g/mol. The average Bonchev–Trinajstić information content (AvgIpc) is 3.54. The van der Waals surface area contributed by atoms with Gasteiger partial charge in [-0.15, -0.1) is 0 Å². The summed E-state index contributed by atoms with van der Waals surface area (Å²) in [7, 11) is 0. The van der Waals surface area contributed by atoms with Crippen molar-refractivity contribution < 1.29 is 0 Å². The van der Waals surface area contributed by atoms with Crippen LogP contribution >= 0.6 is 0 Å². The first-order chi connectivity index (χ1) is 18.8. The molecule has 2 heterocycles. The van der Waals surface area contributed by atoms with Gasteiger partial charge in [0.05, 0.1) is 16.6 Å². The maximum atomic E-state index is 4.00. The summed E-state index contributed by atoms with van der Waals surface area (Å²) in [5, 5.41) is 6.15. The van der Waals surface area contributed by atoms with Gasteiger partial charge in [-0.1, -0.05) is 92.0 Å². The Kier molecular flexibility index (Phi) is 5.12. The van der Waals surface area contributed by atoms with Gasteiger partial charge in [0.2, 0.25) is 0 Å². The summed E-state index contributed by atoms with van der Waals surface area (Å²) in [6.07, 6.45) is 7.76. The number of hydrogen-bond donors (Lipinski definition) is 0. The van der Waals surface area contributed by atoms with Gasteiger partial charge in [-0.2, -0.15) is 0 Å². The standard InChI is InChI=1S/C36H26N2/c1-3-11-29(4-2)37-21-20-28-23-33-27(24-35(28)37)18-19-32-31-16-8-9-17-34(31)38(36(32)33)30-15-10-14-26(22-30)25-12-6-5-7-13-25/h3-24H,1-2H2/b29-11+. The van der Waals surface area contributed by atoms with Gasteiger partial charge < -0.3 is 9.13 Å². The number of nitrogens with zero attached hydrogens (tertiary/aromatic N) is 2. The summed E-state index contributed by atoms with van der Waals surface area (Å²) in [5.74, 6) is 0. The number of para-hydroxylation sites is 1. The lowest BCUT2D eigenvalue weighted by atomic mass is 10.0. The third-order valence-electron chi connectivity index (χ3n) is 7.45. The third kappa shape index (κ3) is 3.35. The minimum atomic E-state index is 1.00. The van der Waals surface area contributed by atoms with Crippen LogP contribution in [0.1, 0.15) is 0 Å². The van der Waals surface area contributed by atoms with E-state index in [2.05, 4.69) is 138 Å². The molecule has 0 radical (unpaired) electrons. The van der Waals surface area contributed by atoms with Gasteiger partial charge in [-0.25, -0.2) is 0 Å². The fourth-order valence-electron chi connectivity index (χ4n) is 5.73. The fourth-order valence-corrected chi connectivity index (χ4v) is 5.73. The molecule has 0 fully saturated rings. The van der Waals surface area contributed by atoms with Gasteiger partial charge in [-0.05, 0) is 65.1 Å². The van der Waals surface area contributed by atoms with Crippen LogP contribution in [-0.4, -0.2) is 9.13 Å². The first kappa shape index (κ1) is 22.1. The molecular weight excluding hydrogens is 460 g/mol. The van der Waals surface area contributed by atoms with Gasteiger partial charge in [0, 0.05) is 39.1 Å². The smallest absolute Gasteiger partial charge is 0.0619 e. The van der Waals surface area contributed by atoms with Gasteiger partial charge in [0.25, 0.3) is 0 Å². The van der Waals surface area contributed by atoms with Gasteiger partial charge in [0.15, 0.2) is 0 Å². The molecule has 0 spiro atoms. The van der Waals surface area contributed by atoms with Crippen LogP contribution in [0.3, 0.4) is 0 Å². The molecule has 0 unspecified atom stereocenters. The second-order valence-corrected chi connectivity index (χ2v) is 9.58. The molecule has 2 aromatic heterocycles. The van der Waals surface area contributed by atoms with E-state index in [9.17, 15) is 0 Å². The van der Waals surface area contributed by atoms with Crippen molar-refractivity contribution in [3.63, 3.8) is 0 Å². The maximum absolute atomic E-state index is 4.00. The Morgan fingerprint density at radius 2 is 1.42 bits per heavy atom. The van der Waals surface area contributed by atoms with Crippen LogP contribution in [0, 0.1) is 0 Å². The van der Waals surface area contributed by atoms with E-state index in [1.54, 1.807) is 6.08 Å². The van der Waals surface area contributed by atoms with Crippen molar-refractivity contribution in [2.45, 2.75) is 0 Å². The molecule has 2 nitrogen and oxygen atoms in total. The molecule has 7 aromatic rings. The van der Waals surface area contributed by atoms with E-state index in [4.69, 9.17) is 0 Å². The zero-order valence-electron chi connectivity index (χ0n) is 21.0. The number of allylic oxidation sites excluding steroid dienone is 4. The molecule has 0 aliphatic rings. The summed E-state index contributed by atoms with van der Waals surface area (Å²) in [4.78, 5) is 0. The number of benzene rings is 5. The molecule has 38 heavy (non-hydrogen) atoms. The molecular formula is C36H26N2. The van der Waals surface area contributed by atoms with Gasteiger partial charge in [0.1, 0.15) is 0 Å². The highest BCUT2D eigenvalue weighted by atomic mass is 15.0. The molecule has 0 aliphatic heterocycles. The Morgan fingerprint density at radius 3 is 2.26 bits per heavy atom. The highest BCUT2D eigenvalue weighted by Crippen LogP contribution is 2.39. The lowest BCUT2D eigenvalue weighted by molar-refractivity contribution is 1.18. The molecule has 0 saturated heterocycles. The molecule has 5 aromatic carbocycles. The molecule has 0 atom stereocenters. The van der Waals surface area contributed by atoms with Gasteiger partial charge >= 0.3 is 0 Å². The molecule has 0 amide bonds. The topological polar surface area (TPSA) is 9.86 Å². The van der Waals surface area contributed by atoms with Crippen molar-refractivity contribution in [1.29, 1.82) is 0 Å². The molecule has 0 N–H and O–H groups in total. The predicted octanol–water partition coefficient (Wildman–Crippen LogP) is 9.77. The second kappa shape index (κ2) is 8.79. The van der Waals surface area contributed by atoms with Crippen molar-refractivity contribution in [3.05, 3.63) is 147 Å². The summed E-state index contributed by atoms with van der Waals surface area (Å²) < 4.78 is 4.60. The number of rotatable bonds is 5. The van der Waals surface area contributed by atoms with E-state index in [0.29, 0.717) is 0 Å². The summed E-state index contributed by atoms with van der Waals surface area (Å²) in [6, 6.07) is 39.4. The second-order valence-electron chi connectivity index (χ2n) is 9.58. The zero-order valence-corrected chi connectivity index (χ0v) is 21.0. The third-order valence-corrected chi connectivity index (χ3v) is 7.45. The number of hydrogen-bond acceptors (Lipinski definition) is 0. The lowest BCUT2D eigenvalue weighted by Gasteiger charge is -2.12. The minimum Gasteiger partial charge on any atom is -0.317 e. The Morgan fingerprint density at radius 1 is 0.605 bits per heavy atom. The molecule has 2 heteroatoms. The van der Waals surface area contributed by atoms with E-state index >= 15 is 0 Å². The summed E-state index contributed by atoms with van der Waals surface area (Å²) >= 11 is 0. The van der Waals surface area contributed by atoms with E-state index < -0.39 is 0 Å². The minimum absolute atomic E-state index is 1.00. The highest BCUT2D eigenvalue weighted by Gasteiger charge is 2.16. The van der Waals surface area contributed by atoms with Crippen LogP contribution in [0.2, 0.25) is 0 Å². The van der Waals surface area contributed by atoms with Crippen molar-refractivity contribution in [1.82, 2.24) is 9.13 Å². The Labute approximate surface area is 221 Å². The number of aromatic nitrogens is 2. The van der Waals surface area contributed by atoms with E-state index in [-0.39, 0.29) is 0 Å². The summed E-state index contributed by atoms with van der Waals surface area (Å²) in [5.41, 5.74) is 8.18. The highest BCUT2D eigenvalue weighted by molar-refractivity contribution is 6.20. The van der Waals surface area contributed by atoms with Crippen LogP contribution in [0.4, 0.5) is 0 Å².